The number of nitrogens with one attached hydrogen (secondary N) is 1. The van der Waals surface area contributed by atoms with Crippen LogP contribution in [-0.2, 0) is 11.3 Å². The van der Waals surface area contributed by atoms with Gasteiger partial charge in [-0.2, -0.15) is 0 Å². The van der Waals surface area contributed by atoms with Gasteiger partial charge < -0.3 is 9.84 Å². The Bertz CT molecular complexity index is 416. The lowest BCUT2D eigenvalue weighted by molar-refractivity contribution is 0.0635. The minimum Gasteiger partial charge on any atom is -0.444 e. The molecule has 94 valence electrons. The topological polar surface area (TPSA) is 71.5 Å². The average Bonchev–Trinajstić information content (AvgIpc) is 2.18. The number of aliphatic hydroxyl groups is 1. The molecule has 6 heteroatoms. The van der Waals surface area contributed by atoms with Crippen molar-refractivity contribution in [3.05, 3.63) is 23.8 Å². The molecule has 1 heterocycles. The number of aliphatic hydroxyl groups excluding tert-OH is 1. The quantitative estimate of drug-likeness (QED) is 0.832. The first-order valence-electron chi connectivity index (χ1n) is 5.07. The Morgan fingerprint density at radius 3 is 2.76 bits per heavy atom. The van der Waals surface area contributed by atoms with Crippen LogP contribution in [0.3, 0.4) is 0 Å². The van der Waals surface area contributed by atoms with E-state index in [-0.39, 0.29) is 18.0 Å². The van der Waals surface area contributed by atoms with Crippen LogP contribution in [0.1, 0.15) is 26.5 Å². The van der Waals surface area contributed by atoms with Crippen molar-refractivity contribution in [3.63, 3.8) is 0 Å². The first kappa shape index (κ1) is 13.4. The van der Waals surface area contributed by atoms with Crippen LogP contribution in [0.4, 0.5) is 14.9 Å². The molecule has 5 nitrogen and oxygen atoms in total. The summed E-state index contributed by atoms with van der Waals surface area (Å²) in [6.07, 6.45) is 0.171. The molecule has 17 heavy (non-hydrogen) atoms. The molecule has 0 bridgehead atoms. The largest absolute Gasteiger partial charge is 0.444 e. The number of anilines is 1. The smallest absolute Gasteiger partial charge is 0.412 e. The number of hydrogen-bond donors (Lipinski definition) is 2. The van der Waals surface area contributed by atoms with E-state index in [1.807, 2.05) is 0 Å². The lowest BCUT2D eigenvalue weighted by Gasteiger charge is -2.19. The number of amides is 1. The minimum atomic E-state index is -0.758. The standard InChI is InChI=1S/C11H15FN2O3/c1-11(2,3)17-10(16)14-9-4-7(6-15)13-5-8(9)12/h4-5,15H,6H2,1-3H3,(H,13,14,16). The van der Waals surface area contributed by atoms with Gasteiger partial charge in [-0.15, -0.1) is 0 Å². The SMILES string of the molecule is CC(C)(C)OC(=O)Nc1cc(CO)ncc1F. The first-order valence-corrected chi connectivity index (χ1v) is 5.07. The minimum absolute atomic E-state index is 0.0710. The number of carbonyl (C=O) groups excluding carboxylic acids is 1. The van der Waals surface area contributed by atoms with Gasteiger partial charge in [0.1, 0.15) is 5.60 Å². The normalized spacial score (nSPS) is 11.1. The number of pyridine rings is 1. The summed E-state index contributed by atoms with van der Waals surface area (Å²) in [5, 5.41) is 11.1. The van der Waals surface area contributed by atoms with Gasteiger partial charge in [-0.25, -0.2) is 9.18 Å². The molecular formula is C11H15FN2O3. The molecule has 1 aromatic rings. The summed E-state index contributed by atoms with van der Waals surface area (Å²) < 4.78 is 18.3. The molecule has 1 aromatic heterocycles. The summed E-state index contributed by atoms with van der Waals surface area (Å²) in [6.45, 7) is 4.78. The molecule has 0 saturated carbocycles. The summed E-state index contributed by atoms with van der Waals surface area (Å²) in [7, 11) is 0. The third-order valence-corrected chi connectivity index (χ3v) is 1.71. The van der Waals surface area contributed by atoms with Gasteiger partial charge in [0.25, 0.3) is 0 Å². The fraction of sp³-hybridized carbons (Fsp3) is 0.455. The predicted octanol–water partition coefficient (Wildman–Crippen LogP) is 2.06. The summed E-state index contributed by atoms with van der Waals surface area (Å²) in [5.41, 5.74) is -0.469. The maximum atomic E-state index is 13.3. The number of rotatable bonds is 2. The molecule has 0 aromatic carbocycles. The van der Waals surface area contributed by atoms with E-state index in [2.05, 4.69) is 10.3 Å². The predicted molar refractivity (Wildman–Crippen MR) is 60.0 cm³/mol. The van der Waals surface area contributed by atoms with Gasteiger partial charge in [0.15, 0.2) is 5.82 Å². The average molecular weight is 242 g/mol. The third-order valence-electron chi connectivity index (χ3n) is 1.71. The Kier molecular flexibility index (Phi) is 4.01. The Morgan fingerprint density at radius 1 is 1.59 bits per heavy atom. The van der Waals surface area contributed by atoms with E-state index < -0.39 is 17.5 Å². The van der Waals surface area contributed by atoms with Crippen LogP contribution in [-0.4, -0.2) is 21.8 Å². The van der Waals surface area contributed by atoms with Gasteiger partial charge in [0, 0.05) is 0 Å². The van der Waals surface area contributed by atoms with Crippen molar-refractivity contribution >= 4 is 11.8 Å². The van der Waals surface area contributed by atoms with Crippen LogP contribution in [0.2, 0.25) is 0 Å². The number of aromatic nitrogens is 1. The molecule has 0 aliphatic rings. The molecule has 0 spiro atoms. The van der Waals surface area contributed by atoms with Crippen LogP contribution in [0.5, 0.6) is 0 Å². The highest BCUT2D eigenvalue weighted by molar-refractivity contribution is 5.85. The fourth-order valence-electron chi connectivity index (χ4n) is 1.08. The van der Waals surface area contributed by atoms with Crippen LogP contribution < -0.4 is 5.32 Å². The molecule has 0 unspecified atom stereocenters. The summed E-state index contributed by atoms with van der Waals surface area (Å²) >= 11 is 0. The van der Waals surface area contributed by atoms with Crippen LogP contribution in [0.15, 0.2) is 12.3 Å². The van der Waals surface area contributed by atoms with Gasteiger partial charge >= 0.3 is 6.09 Å². The maximum absolute atomic E-state index is 13.3. The molecule has 0 fully saturated rings. The van der Waals surface area contributed by atoms with Gasteiger partial charge in [0.05, 0.1) is 24.2 Å². The van der Waals surface area contributed by atoms with Crippen LogP contribution in [0.25, 0.3) is 0 Å². The zero-order valence-electron chi connectivity index (χ0n) is 9.95. The molecule has 0 aliphatic carbocycles. The van der Waals surface area contributed by atoms with E-state index in [1.54, 1.807) is 20.8 Å². The lowest BCUT2D eigenvalue weighted by Crippen LogP contribution is -2.27. The highest BCUT2D eigenvalue weighted by atomic mass is 19.1. The molecule has 1 rings (SSSR count). The molecule has 1 amide bonds. The summed E-state index contributed by atoms with van der Waals surface area (Å²) in [6, 6.07) is 1.25. The molecule has 0 radical (unpaired) electrons. The Morgan fingerprint density at radius 2 is 2.24 bits per heavy atom. The van der Waals surface area contributed by atoms with Gasteiger partial charge in [0.2, 0.25) is 0 Å². The van der Waals surface area contributed by atoms with Gasteiger partial charge in [-0.05, 0) is 26.8 Å². The maximum Gasteiger partial charge on any atom is 0.412 e. The zero-order valence-corrected chi connectivity index (χ0v) is 9.95. The van der Waals surface area contributed by atoms with Crippen molar-refractivity contribution < 1.29 is 19.0 Å². The van der Waals surface area contributed by atoms with Crippen molar-refractivity contribution in [2.45, 2.75) is 33.0 Å². The van der Waals surface area contributed by atoms with E-state index in [1.165, 1.54) is 6.07 Å². The van der Waals surface area contributed by atoms with Crippen molar-refractivity contribution in [3.8, 4) is 0 Å². The highest BCUT2D eigenvalue weighted by Gasteiger charge is 2.17. The Labute approximate surface area is 98.6 Å². The number of nitrogens with zero attached hydrogens (tertiary/aromatic N) is 1. The van der Waals surface area contributed by atoms with Crippen molar-refractivity contribution in [2.24, 2.45) is 0 Å². The molecule has 0 saturated heterocycles. The van der Waals surface area contributed by atoms with Crippen LogP contribution in [0, 0.1) is 5.82 Å². The number of hydrogen-bond acceptors (Lipinski definition) is 4. The third kappa shape index (κ3) is 4.36. The van der Waals surface area contributed by atoms with E-state index >= 15 is 0 Å². The second-order valence-corrected chi connectivity index (χ2v) is 4.44. The Hall–Kier alpha value is -1.69. The van der Waals surface area contributed by atoms with Crippen molar-refractivity contribution in [2.75, 3.05) is 5.32 Å². The molecule has 0 aliphatic heterocycles. The van der Waals surface area contributed by atoms with Crippen LogP contribution >= 0.6 is 0 Å². The molecular weight excluding hydrogens is 227 g/mol. The van der Waals surface area contributed by atoms with E-state index in [4.69, 9.17) is 9.84 Å². The van der Waals surface area contributed by atoms with E-state index in [0.717, 1.165) is 6.20 Å². The fourth-order valence-corrected chi connectivity index (χ4v) is 1.08. The number of ether oxygens (including phenoxy) is 1. The van der Waals surface area contributed by atoms with E-state index in [9.17, 15) is 9.18 Å². The first-order chi connectivity index (χ1) is 7.81. The summed E-state index contributed by atoms with van der Waals surface area (Å²) in [5.74, 6) is -0.687. The lowest BCUT2D eigenvalue weighted by atomic mass is 10.2. The molecule has 0 atom stereocenters. The van der Waals surface area contributed by atoms with Crippen molar-refractivity contribution in [1.82, 2.24) is 4.98 Å². The Balaban J connectivity index is 2.77. The summed E-state index contributed by atoms with van der Waals surface area (Å²) in [4.78, 5) is 15.0. The molecule has 2 N–H and O–H groups in total. The number of halogens is 1. The van der Waals surface area contributed by atoms with Crippen molar-refractivity contribution in [1.29, 1.82) is 0 Å². The number of carbonyl (C=O) groups is 1. The van der Waals surface area contributed by atoms with Gasteiger partial charge in [-0.1, -0.05) is 0 Å². The second kappa shape index (κ2) is 5.09. The monoisotopic (exact) mass is 242 g/mol. The highest BCUT2D eigenvalue weighted by Crippen LogP contribution is 2.16. The van der Waals surface area contributed by atoms with Gasteiger partial charge in [-0.3, -0.25) is 10.3 Å². The zero-order chi connectivity index (χ0) is 13.1. The van der Waals surface area contributed by atoms with E-state index in [0.29, 0.717) is 0 Å². The second-order valence-electron chi connectivity index (χ2n) is 4.44.